The zero-order chi connectivity index (χ0) is 19.4. The smallest absolute Gasteiger partial charge is 0.293 e. The number of aliphatic imine (C=N–C) groups is 1. The van der Waals surface area contributed by atoms with Crippen molar-refractivity contribution in [3.63, 3.8) is 0 Å². The lowest BCUT2D eigenvalue weighted by atomic mass is 10.3. The van der Waals surface area contributed by atoms with E-state index in [4.69, 9.17) is 0 Å². The lowest BCUT2D eigenvalue weighted by molar-refractivity contribution is 0.371. The summed E-state index contributed by atoms with van der Waals surface area (Å²) >= 11 is 1.76. The second-order valence-electron chi connectivity index (χ2n) is 6.61. The van der Waals surface area contributed by atoms with Gasteiger partial charge < -0.3 is 19.7 Å². The highest BCUT2D eigenvalue weighted by Crippen LogP contribution is 2.17. The maximum atomic E-state index is 12.2. The van der Waals surface area contributed by atoms with Gasteiger partial charge in [-0.3, -0.25) is 9.79 Å². The average molecular weight is 517 g/mol. The Labute approximate surface area is 186 Å². The summed E-state index contributed by atoms with van der Waals surface area (Å²) < 4.78 is 1.57. The zero-order valence-electron chi connectivity index (χ0n) is 16.8. The molecule has 1 N–H and O–H groups in total. The number of thiazole rings is 1. The van der Waals surface area contributed by atoms with Crippen LogP contribution in [0.5, 0.6) is 0 Å². The van der Waals surface area contributed by atoms with Crippen LogP contribution in [0.1, 0.15) is 15.6 Å². The minimum Gasteiger partial charge on any atom is -0.356 e. The Morgan fingerprint density at radius 3 is 2.61 bits per heavy atom. The molecular formula is C18H28IN7OS. The number of rotatable bonds is 4. The summed E-state index contributed by atoms with van der Waals surface area (Å²) in [6, 6.07) is 0. The van der Waals surface area contributed by atoms with Crippen LogP contribution < -0.4 is 15.8 Å². The van der Waals surface area contributed by atoms with Crippen molar-refractivity contribution in [2.24, 2.45) is 12.0 Å². The molecule has 3 heterocycles. The second-order valence-corrected chi connectivity index (χ2v) is 7.89. The number of hydrogen-bond acceptors (Lipinski definition) is 6. The minimum absolute atomic E-state index is 0. The van der Waals surface area contributed by atoms with Crippen LogP contribution in [0.15, 0.2) is 22.2 Å². The van der Waals surface area contributed by atoms with Crippen LogP contribution in [-0.4, -0.2) is 65.2 Å². The van der Waals surface area contributed by atoms with Crippen LogP contribution >= 0.6 is 35.3 Å². The van der Waals surface area contributed by atoms with Crippen LogP contribution in [0.25, 0.3) is 0 Å². The van der Waals surface area contributed by atoms with Crippen LogP contribution in [0.4, 0.5) is 5.82 Å². The Balaban J connectivity index is 0.00000280. The largest absolute Gasteiger partial charge is 0.356 e. The molecule has 0 saturated carbocycles. The molecule has 1 saturated heterocycles. The number of hydrogen-bond donors (Lipinski definition) is 1. The van der Waals surface area contributed by atoms with E-state index in [9.17, 15) is 4.79 Å². The van der Waals surface area contributed by atoms with E-state index < -0.39 is 0 Å². The number of nitrogens with one attached hydrogen (secondary N) is 1. The molecular weight excluding hydrogens is 489 g/mol. The monoisotopic (exact) mass is 517 g/mol. The lowest BCUT2D eigenvalue weighted by Crippen LogP contribution is -2.53. The van der Waals surface area contributed by atoms with Gasteiger partial charge in [0.15, 0.2) is 11.8 Å². The first kappa shape index (κ1) is 22.6. The van der Waals surface area contributed by atoms with Gasteiger partial charge in [-0.25, -0.2) is 9.97 Å². The predicted octanol–water partition coefficient (Wildman–Crippen LogP) is 1.41. The number of nitrogens with zero attached hydrogens (tertiary/aromatic N) is 6. The van der Waals surface area contributed by atoms with Gasteiger partial charge in [0.1, 0.15) is 0 Å². The molecule has 0 unspecified atom stereocenters. The molecule has 0 radical (unpaired) electrons. The molecule has 0 aliphatic carbocycles. The number of anilines is 1. The molecule has 1 fully saturated rings. The average Bonchev–Trinajstić information content (AvgIpc) is 2.98. The van der Waals surface area contributed by atoms with Crippen molar-refractivity contribution in [3.8, 4) is 0 Å². The molecule has 8 nitrogen and oxygen atoms in total. The molecule has 1 aliphatic heterocycles. The van der Waals surface area contributed by atoms with E-state index in [1.807, 2.05) is 14.0 Å². The van der Waals surface area contributed by atoms with Crippen molar-refractivity contribution < 1.29 is 0 Å². The number of piperazine rings is 1. The van der Waals surface area contributed by atoms with E-state index in [1.54, 1.807) is 35.3 Å². The Morgan fingerprint density at radius 2 is 2.00 bits per heavy atom. The fourth-order valence-electron chi connectivity index (χ4n) is 3.26. The number of guanidine groups is 1. The summed E-state index contributed by atoms with van der Waals surface area (Å²) in [5.74, 6) is 1.43. The molecule has 2 aromatic rings. The minimum atomic E-state index is -0.0522. The maximum Gasteiger partial charge on any atom is 0.293 e. The first-order chi connectivity index (χ1) is 13.0. The van der Waals surface area contributed by atoms with Gasteiger partial charge in [-0.1, -0.05) is 0 Å². The fourth-order valence-corrected chi connectivity index (χ4v) is 4.19. The van der Waals surface area contributed by atoms with E-state index in [2.05, 4.69) is 37.0 Å². The molecule has 0 atom stereocenters. The summed E-state index contributed by atoms with van der Waals surface area (Å²) in [5.41, 5.74) is 1.07. The standard InChI is InChI=1S/C18H27N7OS.HI/c1-13-15(27-14(2)22-13)5-6-21-18(19-3)25-11-9-24(10-12-25)16-17(26)23(4)8-7-20-16;/h7-8H,5-6,9-12H2,1-4H3,(H,19,21);1H. The first-order valence-corrected chi connectivity index (χ1v) is 9.96. The van der Waals surface area contributed by atoms with E-state index in [1.165, 1.54) is 4.88 Å². The molecule has 0 amide bonds. The Kier molecular flexibility index (Phi) is 8.23. The van der Waals surface area contributed by atoms with Gasteiger partial charge in [0.05, 0.1) is 10.7 Å². The maximum absolute atomic E-state index is 12.2. The van der Waals surface area contributed by atoms with Crippen molar-refractivity contribution >= 4 is 47.1 Å². The van der Waals surface area contributed by atoms with Gasteiger partial charge in [0, 0.05) is 70.5 Å². The zero-order valence-corrected chi connectivity index (χ0v) is 20.0. The topological polar surface area (TPSA) is 78.7 Å². The van der Waals surface area contributed by atoms with E-state index in [-0.39, 0.29) is 29.5 Å². The van der Waals surface area contributed by atoms with Crippen LogP contribution in [0.3, 0.4) is 0 Å². The van der Waals surface area contributed by atoms with Crippen LogP contribution in [0.2, 0.25) is 0 Å². The lowest BCUT2D eigenvalue weighted by Gasteiger charge is -2.36. The highest BCUT2D eigenvalue weighted by atomic mass is 127. The Bertz CT molecular complexity index is 871. The fraction of sp³-hybridized carbons (Fsp3) is 0.556. The molecule has 0 aromatic carbocycles. The summed E-state index contributed by atoms with van der Waals surface area (Å²) in [6.45, 7) is 8.04. The van der Waals surface area contributed by atoms with Gasteiger partial charge in [-0.2, -0.15) is 0 Å². The summed E-state index contributed by atoms with van der Waals surface area (Å²) in [6.07, 6.45) is 4.30. The van der Waals surface area contributed by atoms with Crippen LogP contribution in [0, 0.1) is 13.8 Å². The van der Waals surface area contributed by atoms with Crippen molar-refractivity contribution in [2.45, 2.75) is 20.3 Å². The van der Waals surface area contributed by atoms with Gasteiger partial charge in [-0.05, 0) is 13.8 Å². The third-order valence-corrected chi connectivity index (χ3v) is 5.86. The van der Waals surface area contributed by atoms with Gasteiger partial charge in [0.25, 0.3) is 5.56 Å². The van der Waals surface area contributed by atoms with Crippen LogP contribution in [-0.2, 0) is 13.5 Å². The molecule has 28 heavy (non-hydrogen) atoms. The predicted molar refractivity (Wildman–Crippen MR) is 125 cm³/mol. The van der Waals surface area contributed by atoms with E-state index >= 15 is 0 Å². The summed E-state index contributed by atoms with van der Waals surface area (Å²) in [4.78, 5) is 31.0. The number of aryl methyl sites for hydroxylation is 3. The number of aromatic nitrogens is 3. The Morgan fingerprint density at radius 1 is 1.29 bits per heavy atom. The molecule has 154 valence electrons. The molecule has 2 aromatic heterocycles. The van der Waals surface area contributed by atoms with Crippen molar-refractivity contribution in [1.29, 1.82) is 0 Å². The van der Waals surface area contributed by atoms with Gasteiger partial charge in [-0.15, -0.1) is 35.3 Å². The summed E-state index contributed by atoms with van der Waals surface area (Å²) in [7, 11) is 3.56. The Hall–Kier alpha value is -1.69. The normalized spacial score (nSPS) is 14.8. The third-order valence-electron chi connectivity index (χ3n) is 4.72. The quantitative estimate of drug-likeness (QED) is 0.376. The molecule has 0 spiro atoms. The van der Waals surface area contributed by atoms with E-state index in [0.717, 1.165) is 55.8 Å². The second kappa shape index (κ2) is 10.2. The third kappa shape index (κ3) is 5.22. The molecule has 1 aliphatic rings. The molecule has 3 rings (SSSR count). The van der Waals surface area contributed by atoms with Crippen molar-refractivity contribution in [1.82, 2.24) is 24.8 Å². The number of halogens is 1. The molecule has 10 heteroatoms. The molecule has 0 bridgehead atoms. The summed E-state index contributed by atoms with van der Waals surface area (Å²) in [5, 5.41) is 4.57. The first-order valence-electron chi connectivity index (χ1n) is 9.14. The van der Waals surface area contributed by atoms with Crippen molar-refractivity contribution in [2.75, 3.05) is 44.7 Å². The van der Waals surface area contributed by atoms with Gasteiger partial charge >= 0.3 is 0 Å². The van der Waals surface area contributed by atoms with E-state index in [0.29, 0.717) is 5.82 Å². The van der Waals surface area contributed by atoms with Crippen molar-refractivity contribution in [3.05, 3.63) is 38.3 Å². The SMILES string of the molecule is CN=C(NCCc1sc(C)nc1C)N1CCN(c2nccn(C)c2=O)CC1.I. The highest BCUT2D eigenvalue weighted by molar-refractivity contribution is 14.0. The highest BCUT2D eigenvalue weighted by Gasteiger charge is 2.22. The van der Waals surface area contributed by atoms with Gasteiger partial charge in [0.2, 0.25) is 0 Å².